The van der Waals surface area contributed by atoms with E-state index < -0.39 is 9.84 Å². The van der Waals surface area contributed by atoms with E-state index in [1.54, 1.807) is 28.4 Å². The minimum Gasteiger partial charge on any atom is -0.325 e. The largest absolute Gasteiger partial charge is 0.325 e. The maximum Gasteiger partial charge on any atom is 0.224 e. The van der Waals surface area contributed by atoms with Gasteiger partial charge in [0.05, 0.1) is 11.1 Å². The lowest BCUT2D eigenvalue weighted by atomic mass is 10.0. The third-order valence-electron chi connectivity index (χ3n) is 3.70. The van der Waals surface area contributed by atoms with Gasteiger partial charge in [-0.3, -0.25) is 4.68 Å². The van der Waals surface area contributed by atoms with Crippen molar-refractivity contribution in [3.63, 3.8) is 0 Å². The van der Waals surface area contributed by atoms with Crippen molar-refractivity contribution in [3.05, 3.63) is 46.5 Å². The molecule has 3 aromatic rings. The molecule has 2 aromatic heterocycles. The number of benzene rings is 1. The molecule has 2 N–H and O–H groups in total. The molecule has 11 heteroatoms. The number of hydrogen-bond acceptors (Lipinski definition) is 6. The van der Waals surface area contributed by atoms with Gasteiger partial charge in [0.1, 0.15) is 5.01 Å². The molecule has 27 heavy (non-hydrogen) atoms. The highest BCUT2D eigenvalue weighted by atomic mass is 35.5. The first-order valence-corrected chi connectivity index (χ1v) is 9.83. The number of nitrogens with zero attached hydrogens (tertiary/aromatic N) is 3. The maximum absolute atomic E-state index is 12.9. The number of sulfone groups is 1. The van der Waals surface area contributed by atoms with Gasteiger partial charge < -0.3 is 5.73 Å². The molecule has 0 amide bonds. The van der Waals surface area contributed by atoms with Crippen molar-refractivity contribution in [1.82, 2.24) is 14.8 Å². The Balaban J connectivity index is 0.00000225. The first-order chi connectivity index (χ1) is 11.4. The Morgan fingerprint density at radius 1 is 1.15 bits per heavy atom. The second-order valence-corrected chi connectivity index (χ2v) is 8.25. The Hall–Kier alpha value is -1.16. The van der Waals surface area contributed by atoms with Crippen molar-refractivity contribution in [2.45, 2.75) is 29.8 Å². The molecule has 0 unspecified atom stereocenters. The maximum atomic E-state index is 12.9. The summed E-state index contributed by atoms with van der Waals surface area (Å²) in [6.45, 7) is 2.23. The highest BCUT2D eigenvalue weighted by Crippen LogP contribution is 2.29. The van der Waals surface area contributed by atoms with Crippen LogP contribution in [0, 0.1) is 0 Å². The second-order valence-electron chi connectivity index (χ2n) is 5.41. The molecule has 150 valence electrons. The summed E-state index contributed by atoms with van der Waals surface area (Å²) in [5.41, 5.74) is 8.19. The summed E-state index contributed by atoms with van der Waals surface area (Å²) < 4.78 is 27.5. The first kappa shape index (κ1) is 25.8. The third kappa shape index (κ3) is 5.43. The summed E-state index contributed by atoms with van der Waals surface area (Å²) >= 11 is 1.26. The Kier molecular flexibility index (Phi) is 9.96. The first-order valence-electron chi connectivity index (χ1n) is 7.46. The van der Waals surface area contributed by atoms with E-state index in [-0.39, 0.29) is 53.7 Å². The minimum absolute atomic E-state index is 0. The molecule has 0 fully saturated rings. The van der Waals surface area contributed by atoms with E-state index in [9.17, 15) is 8.42 Å². The van der Waals surface area contributed by atoms with Crippen molar-refractivity contribution >= 4 is 58.4 Å². The molecule has 0 saturated carbocycles. The summed E-state index contributed by atoms with van der Waals surface area (Å²) in [6, 6.07) is 5.37. The molecule has 0 bridgehead atoms. The predicted molar refractivity (Wildman–Crippen MR) is 115 cm³/mol. The van der Waals surface area contributed by atoms with E-state index >= 15 is 0 Å². The van der Waals surface area contributed by atoms with E-state index in [1.807, 2.05) is 26.2 Å². The van der Waals surface area contributed by atoms with Crippen LogP contribution < -0.4 is 5.73 Å². The van der Waals surface area contributed by atoms with E-state index in [0.29, 0.717) is 5.01 Å². The van der Waals surface area contributed by atoms with Gasteiger partial charge >= 0.3 is 0 Å². The fourth-order valence-electron chi connectivity index (χ4n) is 2.39. The van der Waals surface area contributed by atoms with Crippen LogP contribution in [-0.4, -0.2) is 23.2 Å². The summed E-state index contributed by atoms with van der Waals surface area (Å²) in [5.74, 6) is 0. The van der Waals surface area contributed by atoms with E-state index in [4.69, 9.17) is 5.73 Å². The molecule has 6 nitrogen and oxygen atoms in total. The molecular formula is C16H21Cl3N4O2S2. The standard InChI is InChI=1S/C16H18N4O2S2.3ClH/c1-3-11-4-12(13-8-18-20(2)9-13)6-14(5-11)24(21,22)16-10-23-15(7-17)19-16;;;/h4-6,8-10H,3,7,17H2,1-2H3;3*1H. The Bertz CT molecular complexity index is 987. The number of halogens is 3. The van der Waals surface area contributed by atoms with Crippen LogP contribution in [0.4, 0.5) is 0 Å². The SMILES string of the molecule is CCc1cc(-c2cnn(C)c2)cc(S(=O)(=O)c2csc(CN)n2)c1.Cl.Cl.Cl. The molecular weight excluding hydrogens is 451 g/mol. The lowest BCUT2D eigenvalue weighted by molar-refractivity contribution is 0.592. The van der Waals surface area contributed by atoms with Gasteiger partial charge in [-0.1, -0.05) is 13.0 Å². The Morgan fingerprint density at radius 3 is 2.37 bits per heavy atom. The lowest BCUT2D eigenvalue weighted by Crippen LogP contribution is -2.05. The molecule has 0 atom stereocenters. The van der Waals surface area contributed by atoms with Gasteiger partial charge in [-0.25, -0.2) is 13.4 Å². The normalized spacial score (nSPS) is 10.5. The molecule has 0 aliphatic carbocycles. The van der Waals surface area contributed by atoms with Crippen molar-refractivity contribution in [3.8, 4) is 11.1 Å². The quantitative estimate of drug-likeness (QED) is 0.613. The Labute approximate surface area is 181 Å². The molecule has 0 radical (unpaired) electrons. The molecule has 0 aliphatic rings. The summed E-state index contributed by atoms with van der Waals surface area (Å²) in [4.78, 5) is 4.37. The average Bonchev–Trinajstić information content (AvgIpc) is 3.23. The fourth-order valence-corrected chi connectivity index (χ4v) is 4.70. The van der Waals surface area contributed by atoms with Crippen LogP contribution >= 0.6 is 48.6 Å². The summed E-state index contributed by atoms with van der Waals surface area (Å²) in [7, 11) is -1.84. The predicted octanol–water partition coefficient (Wildman–Crippen LogP) is 3.66. The highest BCUT2D eigenvalue weighted by Gasteiger charge is 2.22. The molecule has 3 rings (SSSR count). The van der Waals surface area contributed by atoms with Crippen LogP contribution in [0.3, 0.4) is 0 Å². The zero-order valence-electron chi connectivity index (χ0n) is 14.7. The van der Waals surface area contributed by atoms with Gasteiger partial charge in [0.15, 0.2) is 5.03 Å². The van der Waals surface area contributed by atoms with Crippen molar-refractivity contribution in [1.29, 1.82) is 0 Å². The molecule has 0 aliphatic heterocycles. The van der Waals surface area contributed by atoms with Crippen molar-refractivity contribution < 1.29 is 8.42 Å². The zero-order valence-corrected chi connectivity index (χ0v) is 18.7. The summed E-state index contributed by atoms with van der Waals surface area (Å²) in [6.07, 6.45) is 4.32. The lowest BCUT2D eigenvalue weighted by Gasteiger charge is -2.08. The van der Waals surface area contributed by atoms with Gasteiger partial charge in [-0.2, -0.15) is 5.10 Å². The third-order valence-corrected chi connectivity index (χ3v) is 6.34. The molecule has 0 spiro atoms. The van der Waals surface area contributed by atoms with Gasteiger partial charge in [-0.05, 0) is 29.7 Å². The number of thiazole rings is 1. The summed E-state index contributed by atoms with van der Waals surface area (Å²) in [5, 5.41) is 6.36. The van der Waals surface area contributed by atoms with Crippen molar-refractivity contribution in [2.75, 3.05) is 0 Å². The van der Waals surface area contributed by atoms with Crippen LogP contribution in [0.25, 0.3) is 11.1 Å². The van der Waals surface area contributed by atoms with Gasteiger partial charge in [0.2, 0.25) is 9.84 Å². The van der Waals surface area contributed by atoms with Crippen LogP contribution in [0.5, 0.6) is 0 Å². The van der Waals surface area contributed by atoms with Crippen molar-refractivity contribution in [2.24, 2.45) is 12.8 Å². The van der Waals surface area contributed by atoms with E-state index in [2.05, 4.69) is 10.1 Å². The second kappa shape index (κ2) is 10.4. The van der Waals surface area contributed by atoms with Crippen LogP contribution in [0.2, 0.25) is 0 Å². The monoisotopic (exact) mass is 470 g/mol. The number of rotatable bonds is 5. The van der Waals surface area contributed by atoms with Crippen LogP contribution in [0.15, 0.2) is 45.9 Å². The number of aromatic nitrogens is 3. The van der Waals surface area contributed by atoms with E-state index in [0.717, 1.165) is 23.1 Å². The average molecular weight is 472 g/mol. The van der Waals surface area contributed by atoms with Crippen LogP contribution in [-0.2, 0) is 29.9 Å². The highest BCUT2D eigenvalue weighted by molar-refractivity contribution is 7.91. The molecule has 1 aromatic carbocycles. The van der Waals surface area contributed by atoms with Gasteiger partial charge in [-0.15, -0.1) is 48.6 Å². The smallest absolute Gasteiger partial charge is 0.224 e. The van der Waals surface area contributed by atoms with Crippen LogP contribution in [0.1, 0.15) is 17.5 Å². The number of hydrogen-bond donors (Lipinski definition) is 1. The minimum atomic E-state index is -3.67. The Morgan fingerprint density at radius 2 is 1.85 bits per heavy atom. The molecule has 2 heterocycles. The van der Waals surface area contributed by atoms with E-state index in [1.165, 1.54) is 11.3 Å². The topological polar surface area (TPSA) is 90.9 Å². The fraction of sp³-hybridized carbons (Fsp3) is 0.250. The zero-order chi connectivity index (χ0) is 17.3. The number of aryl methyl sites for hydroxylation is 2. The molecule has 0 saturated heterocycles. The van der Waals surface area contributed by atoms with Gasteiger partial charge in [0.25, 0.3) is 0 Å². The number of nitrogens with two attached hydrogens (primary N) is 1. The van der Waals surface area contributed by atoms with Gasteiger partial charge in [0, 0.05) is 30.7 Å².